The first-order valence-corrected chi connectivity index (χ1v) is 6.08. The maximum absolute atomic E-state index is 12.6. The number of nitrogens with zero attached hydrogens (tertiary/aromatic N) is 1. The van der Waals surface area contributed by atoms with E-state index in [1.807, 2.05) is 0 Å². The van der Waals surface area contributed by atoms with E-state index in [9.17, 15) is 13.2 Å². The van der Waals surface area contributed by atoms with Crippen LogP contribution in [0.25, 0.3) is 0 Å². The molecule has 0 spiro atoms. The second-order valence-corrected chi connectivity index (χ2v) is 5.55. The molecule has 1 aliphatic carbocycles. The highest BCUT2D eigenvalue weighted by Crippen LogP contribution is 2.38. The van der Waals surface area contributed by atoms with Gasteiger partial charge in [-0.25, -0.2) is 4.98 Å². The molecule has 3 nitrogen and oxygen atoms in total. The number of ether oxygens (including phenoxy) is 2. The zero-order chi connectivity index (χ0) is 14.3. The molecule has 19 heavy (non-hydrogen) atoms. The first kappa shape index (κ1) is 14.0. The Kier molecular flexibility index (Phi) is 3.36. The van der Waals surface area contributed by atoms with Crippen LogP contribution in [0.4, 0.5) is 13.2 Å². The van der Waals surface area contributed by atoms with Crippen molar-refractivity contribution in [3.8, 4) is 11.5 Å². The minimum absolute atomic E-state index is 0.0702. The van der Waals surface area contributed by atoms with E-state index in [-0.39, 0.29) is 17.6 Å². The number of halogens is 3. The Morgan fingerprint density at radius 2 is 1.79 bits per heavy atom. The fourth-order valence-electron chi connectivity index (χ4n) is 1.44. The Morgan fingerprint density at radius 1 is 1.16 bits per heavy atom. The van der Waals surface area contributed by atoms with Gasteiger partial charge in [-0.05, 0) is 33.6 Å². The van der Waals surface area contributed by atoms with E-state index in [0.29, 0.717) is 0 Å². The van der Waals surface area contributed by atoms with Gasteiger partial charge in [0.05, 0.1) is 12.3 Å². The number of hydrogen-bond acceptors (Lipinski definition) is 3. The Bertz CT molecular complexity index is 462. The summed E-state index contributed by atoms with van der Waals surface area (Å²) in [6.45, 7) is 5.30. The van der Waals surface area contributed by atoms with Crippen LogP contribution >= 0.6 is 0 Å². The Balaban J connectivity index is 2.31. The molecule has 0 radical (unpaired) electrons. The summed E-state index contributed by atoms with van der Waals surface area (Å²) in [7, 11) is 0. The number of rotatable bonds is 3. The molecule has 0 aromatic carbocycles. The Labute approximate surface area is 109 Å². The molecule has 0 N–H and O–H groups in total. The normalized spacial score (nSPS) is 16.3. The second kappa shape index (κ2) is 4.58. The highest BCUT2D eigenvalue weighted by Gasteiger charge is 2.35. The molecule has 1 aliphatic rings. The van der Waals surface area contributed by atoms with Crippen molar-refractivity contribution in [3.05, 3.63) is 18.0 Å². The van der Waals surface area contributed by atoms with Crippen LogP contribution in [-0.4, -0.2) is 16.7 Å². The molecule has 2 rings (SSSR count). The minimum atomic E-state index is -4.49. The molecule has 1 heterocycles. The molecule has 1 aromatic rings. The predicted molar refractivity (Wildman–Crippen MR) is 63.3 cm³/mol. The summed E-state index contributed by atoms with van der Waals surface area (Å²) in [4.78, 5) is 3.39. The zero-order valence-corrected chi connectivity index (χ0v) is 11.0. The lowest BCUT2D eigenvalue weighted by Gasteiger charge is -2.23. The lowest BCUT2D eigenvalue weighted by Crippen LogP contribution is -2.24. The molecule has 6 heteroatoms. The SMILES string of the molecule is CC(C)(C)Oc1cc(C(F)(F)F)ncc1OC1CC1. The van der Waals surface area contributed by atoms with E-state index in [1.54, 1.807) is 20.8 Å². The molecule has 1 fully saturated rings. The van der Waals surface area contributed by atoms with E-state index in [1.165, 1.54) is 0 Å². The van der Waals surface area contributed by atoms with Crippen LogP contribution in [0.5, 0.6) is 11.5 Å². The maximum Gasteiger partial charge on any atom is 0.433 e. The Hall–Kier alpha value is -1.46. The molecule has 0 unspecified atom stereocenters. The molecule has 0 atom stereocenters. The minimum Gasteiger partial charge on any atom is -0.485 e. The fourth-order valence-corrected chi connectivity index (χ4v) is 1.44. The standard InChI is InChI=1S/C13H16F3NO2/c1-12(2,3)19-9-6-11(13(14,15)16)17-7-10(9)18-8-4-5-8/h6-8H,4-5H2,1-3H3. The lowest BCUT2D eigenvalue weighted by atomic mass is 10.2. The Morgan fingerprint density at radius 3 is 2.26 bits per heavy atom. The molecule has 1 saturated carbocycles. The molecule has 0 aliphatic heterocycles. The summed E-state index contributed by atoms with van der Waals surface area (Å²) in [6, 6.07) is 0.892. The average molecular weight is 275 g/mol. The highest BCUT2D eigenvalue weighted by atomic mass is 19.4. The van der Waals surface area contributed by atoms with Gasteiger partial charge in [-0.2, -0.15) is 13.2 Å². The van der Waals surface area contributed by atoms with Crippen molar-refractivity contribution in [1.82, 2.24) is 4.98 Å². The first-order chi connectivity index (χ1) is 8.65. The van der Waals surface area contributed by atoms with Crippen molar-refractivity contribution < 1.29 is 22.6 Å². The van der Waals surface area contributed by atoms with Gasteiger partial charge in [0.15, 0.2) is 11.5 Å². The van der Waals surface area contributed by atoms with Crippen LogP contribution in [0.1, 0.15) is 39.3 Å². The van der Waals surface area contributed by atoms with Crippen LogP contribution in [0.3, 0.4) is 0 Å². The van der Waals surface area contributed by atoms with Crippen molar-refractivity contribution in [2.24, 2.45) is 0 Å². The number of pyridine rings is 1. The van der Waals surface area contributed by atoms with Gasteiger partial charge in [-0.3, -0.25) is 0 Å². The summed E-state index contributed by atoms with van der Waals surface area (Å²) in [5.41, 5.74) is -1.58. The van der Waals surface area contributed by atoms with E-state index < -0.39 is 17.5 Å². The largest absolute Gasteiger partial charge is 0.485 e. The van der Waals surface area contributed by atoms with Crippen LogP contribution in [0.2, 0.25) is 0 Å². The smallest absolute Gasteiger partial charge is 0.433 e. The molecular formula is C13H16F3NO2. The monoisotopic (exact) mass is 275 g/mol. The van der Waals surface area contributed by atoms with Crippen molar-refractivity contribution >= 4 is 0 Å². The third-order valence-corrected chi connectivity index (χ3v) is 2.36. The molecular weight excluding hydrogens is 259 g/mol. The van der Waals surface area contributed by atoms with Gasteiger partial charge in [-0.1, -0.05) is 0 Å². The van der Waals surface area contributed by atoms with Crippen LogP contribution in [0.15, 0.2) is 12.3 Å². The number of hydrogen-bond donors (Lipinski definition) is 0. The fraction of sp³-hybridized carbons (Fsp3) is 0.615. The quantitative estimate of drug-likeness (QED) is 0.840. The lowest BCUT2D eigenvalue weighted by molar-refractivity contribution is -0.141. The third-order valence-electron chi connectivity index (χ3n) is 2.36. The van der Waals surface area contributed by atoms with Crippen LogP contribution in [-0.2, 0) is 6.18 Å². The van der Waals surface area contributed by atoms with Crippen LogP contribution in [0, 0.1) is 0 Å². The van der Waals surface area contributed by atoms with E-state index in [2.05, 4.69) is 4.98 Å². The van der Waals surface area contributed by atoms with Gasteiger partial charge in [0.1, 0.15) is 11.3 Å². The van der Waals surface area contributed by atoms with Gasteiger partial charge in [0, 0.05) is 6.07 Å². The number of aromatic nitrogens is 1. The van der Waals surface area contributed by atoms with Crippen molar-refractivity contribution in [3.63, 3.8) is 0 Å². The topological polar surface area (TPSA) is 31.4 Å². The maximum atomic E-state index is 12.6. The van der Waals surface area contributed by atoms with Gasteiger partial charge in [-0.15, -0.1) is 0 Å². The van der Waals surface area contributed by atoms with E-state index in [4.69, 9.17) is 9.47 Å². The van der Waals surface area contributed by atoms with Gasteiger partial charge >= 0.3 is 6.18 Å². The van der Waals surface area contributed by atoms with E-state index in [0.717, 1.165) is 25.1 Å². The van der Waals surface area contributed by atoms with Gasteiger partial charge in [0.2, 0.25) is 0 Å². The van der Waals surface area contributed by atoms with Crippen molar-refractivity contribution in [2.45, 2.75) is 51.5 Å². The summed E-state index contributed by atoms with van der Waals surface area (Å²) >= 11 is 0. The molecule has 0 bridgehead atoms. The molecule has 106 valence electrons. The van der Waals surface area contributed by atoms with Crippen molar-refractivity contribution in [2.75, 3.05) is 0 Å². The predicted octanol–water partition coefficient (Wildman–Crippen LogP) is 3.82. The summed E-state index contributed by atoms with van der Waals surface area (Å²) in [5, 5.41) is 0. The zero-order valence-electron chi connectivity index (χ0n) is 11.0. The first-order valence-electron chi connectivity index (χ1n) is 6.08. The average Bonchev–Trinajstić information content (AvgIpc) is 3.00. The molecule has 1 aromatic heterocycles. The summed E-state index contributed by atoms with van der Waals surface area (Å²) in [6.07, 6.45) is -1.51. The molecule has 0 saturated heterocycles. The summed E-state index contributed by atoms with van der Waals surface area (Å²) < 4.78 is 49.0. The second-order valence-electron chi connectivity index (χ2n) is 5.55. The molecule has 0 amide bonds. The van der Waals surface area contributed by atoms with Crippen molar-refractivity contribution in [1.29, 1.82) is 0 Å². The summed E-state index contributed by atoms with van der Waals surface area (Å²) in [5.74, 6) is 0.354. The van der Waals surface area contributed by atoms with Crippen LogP contribution < -0.4 is 9.47 Å². The van der Waals surface area contributed by atoms with Gasteiger partial charge in [0.25, 0.3) is 0 Å². The van der Waals surface area contributed by atoms with Gasteiger partial charge < -0.3 is 9.47 Å². The highest BCUT2D eigenvalue weighted by molar-refractivity contribution is 5.40. The third kappa shape index (κ3) is 4.01. The number of alkyl halides is 3. The van der Waals surface area contributed by atoms with E-state index >= 15 is 0 Å².